The van der Waals surface area contributed by atoms with Gasteiger partial charge in [0.05, 0.1) is 22.5 Å². The number of H-pyrrole nitrogens is 1. The summed E-state index contributed by atoms with van der Waals surface area (Å²) in [6.45, 7) is 1.86. The number of carbonyl (C=O) groups excluding carboxylic acids is 3. The molecule has 8 rings (SSSR count). The van der Waals surface area contributed by atoms with E-state index in [2.05, 4.69) is 10.3 Å². The van der Waals surface area contributed by atoms with Gasteiger partial charge in [0.25, 0.3) is 5.91 Å². The number of amides is 3. The van der Waals surface area contributed by atoms with Crippen LogP contribution in [0.5, 0.6) is 5.75 Å². The molecule has 3 aromatic carbocycles. The molecule has 0 spiro atoms. The van der Waals surface area contributed by atoms with Gasteiger partial charge in [0.1, 0.15) is 5.75 Å². The van der Waals surface area contributed by atoms with E-state index in [1.54, 1.807) is 36.0 Å². The largest absolute Gasteiger partial charge is 0.484 e. The molecule has 4 aromatic rings. The van der Waals surface area contributed by atoms with E-state index in [4.69, 9.17) is 16.3 Å². The van der Waals surface area contributed by atoms with Crippen LogP contribution in [-0.4, -0.2) is 34.6 Å². The van der Waals surface area contributed by atoms with E-state index >= 15 is 0 Å². The van der Waals surface area contributed by atoms with Gasteiger partial charge in [-0.2, -0.15) is 0 Å². The maximum Gasteiger partial charge on any atom is 0.305 e. The fourth-order valence-corrected chi connectivity index (χ4v) is 11.0. The van der Waals surface area contributed by atoms with E-state index in [9.17, 15) is 19.2 Å². The van der Waals surface area contributed by atoms with E-state index in [1.807, 2.05) is 55.5 Å². The molecule has 8 nitrogen and oxygen atoms in total. The number of aryl methyl sites for hydroxylation is 1. The number of thioether (sulfide) groups is 1. The molecule has 1 aromatic heterocycles. The summed E-state index contributed by atoms with van der Waals surface area (Å²) in [5, 5.41) is 4.35. The monoisotopic (exact) mass is 657 g/mol. The van der Waals surface area contributed by atoms with Crippen molar-refractivity contribution in [2.24, 2.45) is 29.6 Å². The van der Waals surface area contributed by atoms with Gasteiger partial charge in [-0.3, -0.25) is 24.1 Å². The predicted octanol–water partition coefficient (Wildman–Crippen LogP) is 6.09. The predicted molar refractivity (Wildman–Crippen MR) is 174 cm³/mol. The van der Waals surface area contributed by atoms with Gasteiger partial charge in [0, 0.05) is 26.8 Å². The highest BCUT2D eigenvalue weighted by Gasteiger charge is 2.69. The Balaban J connectivity index is 1.05. The van der Waals surface area contributed by atoms with Crippen LogP contribution in [0, 0.1) is 36.5 Å². The number of thiazole rings is 1. The Labute approximate surface area is 272 Å². The lowest BCUT2D eigenvalue weighted by Crippen LogP contribution is -2.42. The Morgan fingerprint density at radius 2 is 1.64 bits per heavy atom. The Bertz CT molecular complexity index is 1890. The molecule has 2 aliphatic carbocycles. The highest BCUT2D eigenvalue weighted by atomic mass is 35.5. The standard InChI is InChI=1S/C34H28ClN3O5S2/c1-16-2-8-19(9-3-16)36-24(39)15-43-21-12-4-17(5-13-21)25-26-22-14-23(29(26)44-31-30(25)45-34(42)37-31)28-27(22)32(40)38(33(28)41)20-10-6-18(35)7-11-20/h2-13,22-23,25-29H,14-15H2,1H3,(H,36,39)(H,37,42)/t22?,23?,25-,26?,27?,28?,29?/m1/s1. The van der Waals surface area contributed by atoms with Gasteiger partial charge in [0.2, 0.25) is 11.8 Å². The fraction of sp³-hybridized carbons (Fsp3) is 0.294. The summed E-state index contributed by atoms with van der Waals surface area (Å²) in [4.78, 5) is 58.0. The van der Waals surface area contributed by atoms with Gasteiger partial charge in [-0.05, 0) is 85.2 Å². The normalized spacial score (nSPS) is 27.7. The van der Waals surface area contributed by atoms with Gasteiger partial charge in [-0.25, -0.2) is 0 Å². The second-order valence-electron chi connectivity index (χ2n) is 12.2. The van der Waals surface area contributed by atoms with Crippen LogP contribution >= 0.6 is 34.7 Å². The summed E-state index contributed by atoms with van der Waals surface area (Å²) in [7, 11) is 0. The molecule has 0 radical (unpaired) electrons. The van der Waals surface area contributed by atoms with Gasteiger partial charge in [-0.15, -0.1) is 11.8 Å². The molecule has 2 saturated carbocycles. The molecular weight excluding hydrogens is 630 g/mol. The summed E-state index contributed by atoms with van der Waals surface area (Å²) < 4.78 is 5.79. The minimum atomic E-state index is -0.380. The van der Waals surface area contributed by atoms with Crippen molar-refractivity contribution < 1.29 is 19.1 Å². The topological polar surface area (TPSA) is 109 Å². The summed E-state index contributed by atoms with van der Waals surface area (Å²) >= 11 is 8.97. The summed E-state index contributed by atoms with van der Waals surface area (Å²) in [5.74, 6) is -0.652. The van der Waals surface area contributed by atoms with Crippen molar-refractivity contribution >= 4 is 63.8 Å². The first-order valence-electron chi connectivity index (χ1n) is 14.9. The molecule has 4 aliphatic rings. The highest BCUT2D eigenvalue weighted by Crippen LogP contribution is 2.68. The van der Waals surface area contributed by atoms with E-state index in [0.29, 0.717) is 22.1 Å². The Kier molecular flexibility index (Phi) is 6.92. The lowest BCUT2D eigenvalue weighted by atomic mass is 9.68. The number of imide groups is 1. The number of nitrogens with zero attached hydrogens (tertiary/aromatic N) is 1. The van der Waals surface area contributed by atoms with Crippen LogP contribution in [0.4, 0.5) is 11.4 Å². The molecule has 2 N–H and O–H groups in total. The van der Waals surface area contributed by atoms with E-state index in [-0.39, 0.29) is 70.0 Å². The Hall–Kier alpha value is -3.86. The van der Waals surface area contributed by atoms with Crippen molar-refractivity contribution in [3.63, 3.8) is 0 Å². The third kappa shape index (κ3) is 4.73. The smallest absolute Gasteiger partial charge is 0.305 e. The third-order valence-electron chi connectivity index (χ3n) is 9.75. The van der Waals surface area contributed by atoms with Crippen LogP contribution < -0.4 is 19.8 Å². The number of fused-ring (bicyclic) bond motifs is 9. The van der Waals surface area contributed by atoms with Gasteiger partial charge >= 0.3 is 4.87 Å². The molecule has 3 amide bonds. The molecule has 7 atom stereocenters. The van der Waals surface area contributed by atoms with E-state index in [0.717, 1.165) is 27.5 Å². The molecule has 2 bridgehead atoms. The summed E-state index contributed by atoms with van der Waals surface area (Å²) in [5.41, 5.74) is 3.40. The van der Waals surface area contributed by atoms with Crippen molar-refractivity contribution in [2.45, 2.75) is 29.5 Å². The maximum absolute atomic E-state index is 13.9. The van der Waals surface area contributed by atoms with E-state index < -0.39 is 0 Å². The molecule has 11 heteroatoms. The first-order valence-corrected chi connectivity index (χ1v) is 17.0. The zero-order chi connectivity index (χ0) is 31.0. The van der Waals surface area contributed by atoms with Gasteiger partial charge in [-0.1, -0.05) is 52.8 Å². The first kappa shape index (κ1) is 28.6. The lowest BCUT2D eigenvalue weighted by molar-refractivity contribution is -0.123. The molecule has 45 heavy (non-hydrogen) atoms. The molecule has 6 unspecified atom stereocenters. The zero-order valence-corrected chi connectivity index (χ0v) is 26.5. The molecule has 3 heterocycles. The number of nitrogens with one attached hydrogen (secondary N) is 2. The molecule has 228 valence electrons. The number of hydrogen-bond acceptors (Lipinski definition) is 7. The van der Waals surface area contributed by atoms with Crippen LogP contribution in [0.15, 0.2) is 82.6 Å². The number of rotatable bonds is 6. The summed E-state index contributed by atoms with van der Waals surface area (Å²) in [6, 6.07) is 22.1. The average Bonchev–Trinajstić information content (AvgIpc) is 3.77. The zero-order valence-electron chi connectivity index (χ0n) is 24.1. The van der Waals surface area contributed by atoms with Crippen molar-refractivity contribution in [3.8, 4) is 5.75 Å². The maximum atomic E-state index is 13.9. The minimum Gasteiger partial charge on any atom is -0.484 e. The third-order valence-corrected chi connectivity index (χ3v) is 12.6. The second kappa shape index (κ2) is 10.9. The number of hydrogen-bond donors (Lipinski definition) is 2. The summed E-state index contributed by atoms with van der Waals surface area (Å²) in [6.07, 6.45) is 0.816. The van der Waals surface area contributed by atoms with Crippen LogP contribution in [0.25, 0.3) is 0 Å². The number of anilines is 2. The molecule has 2 aliphatic heterocycles. The van der Waals surface area contributed by atoms with Crippen LogP contribution in [0.3, 0.4) is 0 Å². The number of aromatic nitrogens is 1. The van der Waals surface area contributed by atoms with E-state index in [1.165, 1.54) is 16.2 Å². The SMILES string of the molecule is Cc1ccc(NC(=O)COc2ccc([C@H]3c4sc(=O)[nH]c4SC4C5CC(C6C(=O)N(c7ccc(Cl)cc7)C(=O)C56)C43)cc2)cc1. The first-order chi connectivity index (χ1) is 21.8. The average molecular weight is 658 g/mol. The number of carbonyl (C=O) groups is 3. The number of halogens is 1. The molecule has 1 saturated heterocycles. The van der Waals surface area contributed by atoms with Gasteiger partial charge < -0.3 is 15.0 Å². The van der Waals surface area contributed by atoms with Crippen LogP contribution in [-0.2, 0) is 14.4 Å². The Morgan fingerprint density at radius 3 is 2.36 bits per heavy atom. The van der Waals surface area contributed by atoms with Crippen molar-refractivity contribution in [1.29, 1.82) is 0 Å². The second-order valence-corrected chi connectivity index (χ2v) is 14.9. The number of benzene rings is 3. The highest BCUT2D eigenvalue weighted by molar-refractivity contribution is 8.00. The van der Waals surface area contributed by atoms with Crippen molar-refractivity contribution in [3.05, 3.63) is 103 Å². The van der Waals surface area contributed by atoms with Crippen molar-refractivity contribution in [1.82, 2.24) is 4.98 Å². The number of ether oxygens (including phenoxy) is 1. The number of aromatic amines is 1. The molecular formula is C34H28ClN3O5S2. The minimum absolute atomic E-state index is 0.0167. The van der Waals surface area contributed by atoms with Crippen LogP contribution in [0.1, 0.15) is 28.3 Å². The van der Waals surface area contributed by atoms with Crippen molar-refractivity contribution in [2.75, 3.05) is 16.8 Å². The van der Waals surface area contributed by atoms with Gasteiger partial charge in [0.15, 0.2) is 6.61 Å². The fourth-order valence-electron chi connectivity index (χ4n) is 7.99. The van der Waals surface area contributed by atoms with Crippen LogP contribution in [0.2, 0.25) is 5.02 Å². The Morgan fingerprint density at radius 1 is 0.956 bits per heavy atom. The lowest BCUT2D eigenvalue weighted by Gasteiger charge is -2.43. The molecule has 3 fully saturated rings. The quantitative estimate of drug-likeness (QED) is 0.243.